The van der Waals surface area contributed by atoms with Gasteiger partial charge < -0.3 is 4.42 Å². The van der Waals surface area contributed by atoms with E-state index in [1.165, 1.54) is 44.1 Å². The van der Waals surface area contributed by atoms with Crippen LogP contribution in [0.2, 0.25) is 0 Å². The number of fused-ring (bicyclic) bond motifs is 3. The fourth-order valence-corrected chi connectivity index (χ4v) is 10.8. The molecule has 6 aromatic carbocycles. The first-order valence-electron chi connectivity index (χ1n) is 20.9. The van der Waals surface area contributed by atoms with Crippen LogP contribution < -0.4 is 0 Å². The average molecular weight is 765 g/mol. The molecular formula is C52H40N6O. The van der Waals surface area contributed by atoms with Crippen LogP contribution in [0.1, 0.15) is 44.1 Å². The third kappa shape index (κ3) is 6.11. The van der Waals surface area contributed by atoms with Gasteiger partial charge in [-0.15, -0.1) is 0 Å². The molecule has 4 bridgehead atoms. The van der Waals surface area contributed by atoms with E-state index in [1.54, 1.807) is 0 Å². The first-order chi connectivity index (χ1) is 29.1. The quantitative estimate of drug-likeness (QED) is 0.160. The minimum absolute atomic E-state index is 0.336. The van der Waals surface area contributed by atoms with Gasteiger partial charge in [0.2, 0.25) is 0 Å². The molecule has 0 spiro atoms. The van der Waals surface area contributed by atoms with E-state index >= 15 is 0 Å². The van der Waals surface area contributed by atoms with E-state index in [4.69, 9.17) is 34.3 Å². The molecule has 7 nitrogen and oxygen atoms in total. The number of para-hydroxylation sites is 1. The fraction of sp³-hybridized carbons (Fsp3) is 0.192. The normalized spacial score (nSPS) is 20.7. The number of aromatic nitrogens is 6. The lowest BCUT2D eigenvalue weighted by atomic mass is 9.48. The molecule has 59 heavy (non-hydrogen) atoms. The van der Waals surface area contributed by atoms with Gasteiger partial charge in [-0.3, -0.25) is 0 Å². The highest BCUT2D eigenvalue weighted by Crippen LogP contribution is 2.60. The van der Waals surface area contributed by atoms with E-state index in [1.807, 2.05) is 91.0 Å². The monoisotopic (exact) mass is 764 g/mol. The third-order valence-corrected chi connectivity index (χ3v) is 13.1. The van der Waals surface area contributed by atoms with Crippen molar-refractivity contribution in [3.8, 4) is 68.3 Å². The van der Waals surface area contributed by atoms with Crippen molar-refractivity contribution in [3.63, 3.8) is 0 Å². The fourth-order valence-electron chi connectivity index (χ4n) is 10.8. The zero-order valence-corrected chi connectivity index (χ0v) is 32.5. The molecule has 4 saturated carbocycles. The molecule has 0 atom stereocenters. The smallest absolute Gasteiger partial charge is 0.164 e. The van der Waals surface area contributed by atoms with Gasteiger partial charge in [0, 0.05) is 44.2 Å². The van der Waals surface area contributed by atoms with Crippen LogP contribution in [-0.4, -0.2) is 29.9 Å². The number of rotatable bonds is 7. The maximum atomic E-state index is 6.26. The van der Waals surface area contributed by atoms with Crippen molar-refractivity contribution in [2.75, 3.05) is 0 Å². The highest BCUT2D eigenvalue weighted by molar-refractivity contribution is 6.05. The molecule has 284 valence electrons. The Balaban J connectivity index is 0.945. The molecule has 4 aliphatic rings. The lowest BCUT2D eigenvalue weighted by Crippen LogP contribution is -2.48. The minimum atomic E-state index is 0.336. The first-order valence-corrected chi connectivity index (χ1v) is 20.9. The molecule has 0 radical (unpaired) electrons. The summed E-state index contributed by atoms with van der Waals surface area (Å²) in [6.45, 7) is 0. The maximum Gasteiger partial charge on any atom is 0.164 e. The van der Waals surface area contributed by atoms with Crippen LogP contribution in [0.15, 0.2) is 156 Å². The van der Waals surface area contributed by atoms with E-state index in [-0.39, 0.29) is 0 Å². The first kappa shape index (κ1) is 34.2. The van der Waals surface area contributed by atoms with Crippen molar-refractivity contribution in [1.82, 2.24) is 29.9 Å². The Hall–Kier alpha value is -6.86. The number of hydrogen-bond acceptors (Lipinski definition) is 7. The molecule has 3 aromatic heterocycles. The Morgan fingerprint density at radius 3 is 1.31 bits per heavy atom. The van der Waals surface area contributed by atoms with Crippen molar-refractivity contribution < 1.29 is 4.42 Å². The van der Waals surface area contributed by atoms with E-state index in [0.717, 1.165) is 73.1 Å². The van der Waals surface area contributed by atoms with Gasteiger partial charge in [-0.2, -0.15) is 0 Å². The third-order valence-electron chi connectivity index (χ3n) is 13.1. The molecule has 7 heteroatoms. The molecule has 0 saturated heterocycles. The Kier molecular flexibility index (Phi) is 7.90. The number of benzene rings is 6. The van der Waals surface area contributed by atoms with E-state index < -0.39 is 0 Å². The predicted molar refractivity (Wildman–Crippen MR) is 233 cm³/mol. The lowest BCUT2D eigenvalue weighted by Gasteiger charge is -2.57. The maximum absolute atomic E-state index is 6.26. The van der Waals surface area contributed by atoms with Gasteiger partial charge in [-0.1, -0.05) is 127 Å². The van der Waals surface area contributed by atoms with Crippen LogP contribution in [-0.2, 0) is 5.41 Å². The molecular weight excluding hydrogens is 725 g/mol. The van der Waals surface area contributed by atoms with Crippen molar-refractivity contribution in [2.24, 2.45) is 17.8 Å². The highest BCUT2D eigenvalue weighted by atomic mass is 16.3. The van der Waals surface area contributed by atoms with Gasteiger partial charge in [0.15, 0.2) is 34.9 Å². The van der Waals surface area contributed by atoms with E-state index in [0.29, 0.717) is 40.4 Å². The number of nitrogens with zero attached hydrogens (tertiary/aromatic N) is 6. The Morgan fingerprint density at radius 2 is 0.763 bits per heavy atom. The zero-order valence-electron chi connectivity index (χ0n) is 32.5. The zero-order chi connectivity index (χ0) is 38.9. The minimum Gasteiger partial charge on any atom is -0.456 e. The van der Waals surface area contributed by atoms with Gasteiger partial charge in [-0.25, -0.2) is 29.9 Å². The summed E-state index contributed by atoms with van der Waals surface area (Å²) in [7, 11) is 0. The van der Waals surface area contributed by atoms with Crippen molar-refractivity contribution in [3.05, 3.63) is 157 Å². The largest absolute Gasteiger partial charge is 0.456 e. The van der Waals surface area contributed by atoms with Gasteiger partial charge in [-0.05, 0) is 91.5 Å². The van der Waals surface area contributed by atoms with Gasteiger partial charge in [0.05, 0.1) is 0 Å². The van der Waals surface area contributed by atoms with Crippen molar-refractivity contribution in [2.45, 2.75) is 43.9 Å². The molecule has 13 rings (SSSR count). The highest BCUT2D eigenvalue weighted by Gasteiger charge is 2.51. The van der Waals surface area contributed by atoms with Gasteiger partial charge in [0.25, 0.3) is 0 Å². The molecule has 0 unspecified atom stereocenters. The topological polar surface area (TPSA) is 90.5 Å². The summed E-state index contributed by atoms with van der Waals surface area (Å²) in [4.78, 5) is 30.4. The predicted octanol–water partition coefficient (Wildman–Crippen LogP) is 12.4. The van der Waals surface area contributed by atoms with E-state index in [9.17, 15) is 0 Å². The summed E-state index contributed by atoms with van der Waals surface area (Å²) in [5.74, 6) is 6.29. The van der Waals surface area contributed by atoms with Crippen LogP contribution in [0, 0.1) is 17.8 Å². The average Bonchev–Trinajstić information content (AvgIpc) is 3.67. The molecule has 4 fully saturated rings. The van der Waals surface area contributed by atoms with Crippen molar-refractivity contribution in [1.29, 1.82) is 0 Å². The van der Waals surface area contributed by atoms with Crippen molar-refractivity contribution >= 4 is 21.9 Å². The summed E-state index contributed by atoms with van der Waals surface area (Å²) in [6.07, 6.45) is 8.35. The summed E-state index contributed by atoms with van der Waals surface area (Å²) in [5, 5.41) is 2.14. The lowest BCUT2D eigenvalue weighted by molar-refractivity contribution is -0.00518. The SMILES string of the molecule is c1ccc(-c2nc(-c3ccc(C45CC6CC(CC(C6)C4)C5)cc3)nc(-c3cccc(-c4nc(-c5ccccc5)nc(-c5ccc6c(c5)oc5ccccc56)n4)c3)n2)cc1. The van der Waals surface area contributed by atoms with Gasteiger partial charge >= 0.3 is 0 Å². The van der Waals surface area contributed by atoms with Crippen LogP contribution >= 0.6 is 0 Å². The van der Waals surface area contributed by atoms with Crippen LogP contribution in [0.4, 0.5) is 0 Å². The van der Waals surface area contributed by atoms with Crippen LogP contribution in [0.5, 0.6) is 0 Å². The summed E-state index contributed by atoms with van der Waals surface area (Å²) in [5.41, 5.74) is 8.83. The molecule has 9 aromatic rings. The summed E-state index contributed by atoms with van der Waals surface area (Å²) < 4.78 is 6.26. The Morgan fingerprint density at radius 1 is 0.356 bits per heavy atom. The standard InChI is InChI=1S/C52H40N6O/c1-3-10-35(11-4-1)46-53-48(37-18-21-41(22-19-37)52-29-32-24-33(30-52)26-34(25-32)31-52)57-49(54-46)38-14-9-15-39(27-38)50-55-47(36-12-5-2-6-13-36)56-51(58-50)40-20-23-43-42-16-7-8-17-44(42)59-45(43)28-40/h1-23,27-28,32-34H,24-26,29-31H2. The second-order valence-corrected chi connectivity index (χ2v) is 17.0. The molecule has 0 aliphatic heterocycles. The molecule has 0 amide bonds. The second kappa shape index (κ2) is 13.6. The Labute approximate surface area is 342 Å². The van der Waals surface area contributed by atoms with E-state index in [2.05, 4.69) is 60.7 Å². The van der Waals surface area contributed by atoms with Crippen LogP contribution in [0.3, 0.4) is 0 Å². The molecule has 4 aliphatic carbocycles. The molecule has 3 heterocycles. The molecule has 0 N–H and O–H groups in total. The van der Waals surface area contributed by atoms with Crippen LogP contribution in [0.25, 0.3) is 90.3 Å². The van der Waals surface area contributed by atoms with Gasteiger partial charge in [0.1, 0.15) is 11.2 Å². The second-order valence-electron chi connectivity index (χ2n) is 17.0. The number of hydrogen-bond donors (Lipinski definition) is 0. The summed E-state index contributed by atoms with van der Waals surface area (Å²) in [6, 6.07) is 51.8. The number of furan rings is 1. The summed E-state index contributed by atoms with van der Waals surface area (Å²) >= 11 is 0. The Bertz CT molecular complexity index is 3000.